The van der Waals surface area contributed by atoms with E-state index in [-0.39, 0.29) is 24.3 Å². The van der Waals surface area contributed by atoms with Gasteiger partial charge in [-0.1, -0.05) is 12.2 Å². The molecule has 2 N–H and O–H groups in total. The Kier molecular flexibility index (Phi) is 4.52. The van der Waals surface area contributed by atoms with E-state index in [4.69, 9.17) is 5.11 Å². The van der Waals surface area contributed by atoms with E-state index in [1.54, 1.807) is 0 Å². The Morgan fingerprint density at radius 3 is 2.67 bits per heavy atom. The standard InChI is InChI=1S/C17H16FN3O3/c18-12-2-5-14(6-3-12)21-16(23)8-7-15(20-21)17(24)19-13-4-1-11(9-13)10-22/h1-8,11,13,22H,9-10H2,(H,19,24)/t11-,13+/m0/s1. The predicted molar refractivity (Wildman–Crippen MR) is 85.4 cm³/mol. The van der Waals surface area contributed by atoms with Crippen molar-refractivity contribution >= 4 is 5.91 Å². The van der Waals surface area contributed by atoms with Gasteiger partial charge in [-0.25, -0.2) is 4.39 Å². The largest absolute Gasteiger partial charge is 0.396 e. The van der Waals surface area contributed by atoms with Crippen molar-refractivity contribution in [3.05, 3.63) is 70.4 Å². The second kappa shape index (κ2) is 6.76. The zero-order valence-corrected chi connectivity index (χ0v) is 12.7. The van der Waals surface area contributed by atoms with E-state index in [9.17, 15) is 14.0 Å². The van der Waals surface area contributed by atoms with Crippen molar-refractivity contribution in [3.63, 3.8) is 0 Å². The Hall–Kier alpha value is -2.80. The Morgan fingerprint density at radius 2 is 2.00 bits per heavy atom. The molecular formula is C17H16FN3O3. The van der Waals surface area contributed by atoms with Crippen molar-refractivity contribution < 1.29 is 14.3 Å². The quantitative estimate of drug-likeness (QED) is 0.821. The van der Waals surface area contributed by atoms with Crippen LogP contribution in [0.4, 0.5) is 4.39 Å². The summed E-state index contributed by atoms with van der Waals surface area (Å²) in [4.78, 5) is 24.2. The van der Waals surface area contributed by atoms with Crippen molar-refractivity contribution in [3.8, 4) is 5.69 Å². The van der Waals surface area contributed by atoms with Crippen molar-refractivity contribution in [1.82, 2.24) is 15.1 Å². The molecule has 0 radical (unpaired) electrons. The maximum absolute atomic E-state index is 13.0. The first-order valence-corrected chi connectivity index (χ1v) is 7.53. The normalized spacial score (nSPS) is 19.4. The first kappa shape index (κ1) is 16.1. The number of hydrogen-bond donors (Lipinski definition) is 2. The fourth-order valence-corrected chi connectivity index (χ4v) is 2.56. The monoisotopic (exact) mass is 329 g/mol. The molecular weight excluding hydrogens is 313 g/mol. The molecule has 7 heteroatoms. The minimum Gasteiger partial charge on any atom is -0.396 e. The van der Waals surface area contributed by atoms with Crippen LogP contribution in [0.3, 0.4) is 0 Å². The second-order valence-corrected chi connectivity index (χ2v) is 5.59. The number of nitrogens with one attached hydrogen (secondary N) is 1. The molecule has 1 aromatic carbocycles. The lowest BCUT2D eigenvalue weighted by atomic mass is 10.1. The molecule has 0 saturated carbocycles. The van der Waals surface area contributed by atoms with Crippen LogP contribution in [0.25, 0.3) is 5.69 Å². The summed E-state index contributed by atoms with van der Waals surface area (Å²) < 4.78 is 14.1. The number of amides is 1. The summed E-state index contributed by atoms with van der Waals surface area (Å²) in [5, 5.41) is 15.9. The molecule has 1 heterocycles. The van der Waals surface area contributed by atoms with Gasteiger partial charge in [0.15, 0.2) is 0 Å². The number of halogens is 1. The van der Waals surface area contributed by atoms with Gasteiger partial charge in [-0.3, -0.25) is 9.59 Å². The summed E-state index contributed by atoms with van der Waals surface area (Å²) in [5.41, 5.74) is 0.0381. The molecule has 1 aliphatic carbocycles. The van der Waals surface area contributed by atoms with Crippen molar-refractivity contribution in [1.29, 1.82) is 0 Å². The zero-order valence-electron chi connectivity index (χ0n) is 12.7. The Morgan fingerprint density at radius 1 is 1.25 bits per heavy atom. The van der Waals surface area contributed by atoms with Gasteiger partial charge < -0.3 is 10.4 Å². The highest BCUT2D eigenvalue weighted by Gasteiger charge is 2.21. The molecule has 1 amide bonds. The van der Waals surface area contributed by atoms with Crippen LogP contribution in [0.1, 0.15) is 16.9 Å². The summed E-state index contributed by atoms with van der Waals surface area (Å²) in [7, 11) is 0. The molecule has 2 atom stereocenters. The van der Waals surface area contributed by atoms with E-state index in [0.29, 0.717) is 12.1 Å². The van der Waals surface area contributed by atoms with E-state index in [0.717, 1.165) is 4.68 Å². The topological polar surface area (TPSA) is 84.2 Å². The number of benzene rings is 1. The van der Waals surface area contributed by atoms with Gasteiger partial charge in [0.25, 0.3) is 11.5 Å². The molecule has 0 aliphatic heterocycles. The van der Waals surface area contributed by atoms with E-state index in [2.05, 4.69) is 10.4 Å². The number of carbonyl (C=O) groups is 1. The van der Waals surface area contributed by atoms with Crippen LogP contribution in [0.5, 0.6) is 0 Å². The molecule has 0 fully saturated rings. The SMILES string of the molecule is O=C(N[C@@H]1C=C[C@H](CO)C1)c1ccc(=O)n(-c2ccc(F)cc2)n1. The van der Waals surface area contributed by atoms with Crippen molar-refractivity contribution in [2.24, 2.45) is 5.92 Å². The minimum absolute atomic E-state index is 0.0383. The van der Waals surface area contributed by atoms with E-state index in [1.165, 1.54) is 36.4 Å². The number of rotatable bonds is 4. The second-order valence-electron chi connectivity index (χ2n) is 5.59. The molecule has 6 nitrogen and oxygen atoms in total. The molecule has 1 aliphatic rings. The van der Waals surface area contributed by atoms with Gasteiger partial charge in [0.1, 0.15) is 11.5 Å². The highest BCUT2D eigenvalue weighted by Crippen LogP contribution is 2.17. The summed E-state index contributed by atoms with van der Waals surface area (Å²) >= 11 is 0. The van der Waals surface area contributed by atoms with Gasteiger partial charge in [0.2, 0.25) is 0 Å². The Bertz CT molecular complexity index is 830. The van der Waals surface area contributed by atoms with Crippen LogP contribution in [-0.4, -0.2) is 33.4 Å². The fourth-order valence-electron chi connectivity index (χ4n) is 2.56. The smallest absolute Gasteiger partial charge is 0.272 e. The summed E-state index contributed by atoms with van der Waals surface area (Å²) in [5.74, 6) is -0.803. The van der Waals surface area contributed by atoms with Crippen LogP contribution in [0.15, 0.2) is 53.3 Å². The molecule has 3 rings (SSSR count). The van der Waals surface area contributed by atoms with Crippen LogP contribution in [0.2, 0.25) is 0 Å². The summed E-state index contributed by atoms with van der Waals surface area (Å²) in [6.45, 7) is 0.0383. The van der Waals surface area contributed by atoms with Crippen molar-refractivity contribution in [2.45, 2.75) is 12.5 Å². The van der Waals surface area contributed by atoms with Gasteiger partial charge in [-0.2, -0.15) is 9.78 Å². The molecule has 0 bridgehead atoms. The summed E-state index contributed by atoms with van der Waals surface area (Å²) in [6.07, 6.45) is 4.31. The highest BCUT2D eigenvalue weighted by molar-refractivity contribution is 5.92. The van der Waals surface area contributed by atoms with Crippen molar-refractivity contribution in [2.75, 3.05) is 6.61 Å². The lowest BCUT2D eigenvalue weighted by molar-refractivity contribution is 0.0934. The maximum Gasteiger partial charge on any atom is 0.272 e. The molecule has 124 valence electrons. The van der Waals surface area contributed by atoms with Gasteiger partial charge in [0.05, 0.1) is 5.69 Å². The van der Waals surface area contributed by atoms with Crippen LogP contribution < -0.4 is 10.9 Å². The molecule has 0 spiro atoms. The number of aliphatic hydroxyl groups is 1. The Labute approximate surface area is 137 Å². The number of carbonyl (C=O) groups excluding carboxylic acids is 1. The number of nitrogens with zero attached hydrogens (tertiary/aromatic N) is 2. The predicted octanol–water partition coefficient (Wildman–Crippen LogP) is 1.04. The zero-order chi connectivity index (χ0) is 17.1. The molecule has 0 unspecified atom stereocenters. The lowest BCUT2D eigenvalue weighted by Crippen LogP contribution is -2.35. The van der Waals surface area contributed by atoms with Gasteiger partial charge >= 0.3 is 0 Å². The van der Waals surface area contributed by atoms with Gasteiger partial charge in [-0.15, -0.1) is 0 Å². The number of hydrogen-bond acceptors (Lipinski definition) is 4. The van der Waals surface area contributed by atoms with E-state index >= 15 is 0 Å². The van der Waals surface area contributed by atoms with E-state index in [1.807, 2.05) is 12.2 Å². The summed E-state index contributed by atoms with van der Waals surface area (Å²) in [6, 6.07) is 7.67. The molecule has 24 heavy (non-hydrogen) atoms. The number of aromatic nitrogens is 2. The fraction of sp³-hybridized carbons (Fsp3) is 0.235. The average molecular weight is 329 g/mol. The molecule has 1 aromatic heterocycles. The average Bonchev–Trinajstić information content (AvgIpc) is 3.04. The van der Waals surface area contributed by atoms with Gasteiger partial charge in [-0.05, 0) is 36.8 Å². The molecule has 0 saturated heterocycles. The van der Waals surface area contributed by atoms with Crippen LogP contribution >= 0.6 is 0 Å². The van der Waals surface area contributed by atoms with Crippen LogP contribution in [0, 0.1) is 11.7 Å². The first-order valence-electron chi connectivity index (χ1n) is 7.53. The van der Waals surface area contributed by atoms with Gasteiger partial charge in [0, 0.05) is 24.6 Å². The lowest BCUT2D eigenvalue weighted by Gasteiger charge is -2.13. The first-order chi connectivity index (χ1) is 11.6. The Balaban J connectivity index is 1.80. The van der Waals surface area contributed by atoms with E-state index < -0.39 is 17.3 Å². The number of aliphatic hydroxyl groups excluding tert-OH is 1. The third-order valence-electron chi connectivity index (χ3n) is 3.83. The molecule has 2 aromatic rings. The highest BCUT2D eigenvalue weighted by atomic mass is 19.1. The third-order valence-corrected chi connectivity index (χ3v) is 3.83. The third kappa shape index (κ3) is 3.41. The minimum atomic E-state index is -0.424. The van der Waals surface area contributed by atoms with Crippen LogP contribution in [-0.2, 0) is 0 Å². The maximum atomic E-state index is 13.0.